The van der Waals surface area contributed by atoms with Crippen LogP contribution in [0.15, 0.2) is 24.3 Å². The summed E-state index contributed by atoms with van der Waals surface area (Å²) in [4.78, 5) is 12.0. The molecule has 4 atom stereocenters. The first-order valence-corrected chi connectivity index (χ1v) is 6.28. The lowest BCUT2D eigenvalue weighted by Gasteiger charge is -2.16. The molecule has 1 aliphatic heterocycles. The summed E-state index contributed by atoms with van der Waals surface area (Å²) in [5.41, 5.74) is 7.76. The zero-order valence-electron chi connectivity index (χ0n) is 10.2. The van der Waals surface area contributed by atoms with Crippen molar-refractivity contribution in [2.24, 2.45) is 0 Å². The lowest BCUT2D eigenvalue weighted by atomic mass is 10.1. The van der Waals surface area contributed by atoms with Crippen molar-refractivity contribution >= 4 is 28.6 Å². The third kappa shape index (κ3) is 1.93. The Bertz CT molecular complexity index is 661. The van der Waals surface area contributed by atoms with Crippen molar-refractivity contribution in [1.29, 1.82) is 0 Å². The number of imidazole rings is 1. The van der Waals surface area contributed by atoms with Crippen LogP contribution in [-0.2, 0) is 4.74 Å². The molecule has 106 valence electrons. The molecule has 3 rings (SSSR count). The smallest absolute Gasteiger partial charge is 0.167 e. The molecule has 0 aliphatic carbocycles. The van der Waals surface area contributed by atoms with Crippen LogP contribution in [0.2, 0.25) is 0 Å². The van der Waals surface area contributed by atoms with Crippen LogP contribution in [0.1, 0.15) is 6.23 Å². The summed E-state index contributed by atoms with van der Waals surface area (Å²) >= 11 is 5.47. The molecule has 0 saturated carbocycles. The largest absolute Gasteiger partial charge is 0.387 e. The zero-order chi connectivity index (χ0) is 14.3. The lowest BCUT2D eigenvalue weighted by molar-refractivity contribution is -0.0244. The first-order valence-electron chi connectivity index (χ1n) is 5.85. The molecule has 2 aromatic rings. The number of aromatic nitrogens is 4. The molecule has 0 amide bonds. The molecule has 0 aromatic carbocycles. The molecule has 20 heavy (non-hydrogen) atoms. The summed E-state index contributed by atoms with van der Waals surface area (Å²) in [7, 11) is 0. The van der Waals surface area contributed by atoms with E-state index in [1.54, 1.807) is 0 Å². The highest BCUT2D eigenvalue weighted by Crippen LogP contribution is 2.32. The van der Waals surface area contributed by atoms with Crippen molar-refractivity contribution < 1.29 is 14.9 Å². The van der Waals surface area contributed by atoms with Gasteiger partial charge in [0, 0.05) is 5.54 Å². The number of halogens is 1. The van der Waals surface area contributed by atoms with Gasteiger partial charge in [0.1, 0.15) is 30.2 Å². The van der Waals surface area contributed by atoms with Gasteiger partial charge in [-0.25, -0.2) is 15.0 Å². The van der Waals surface area contributed by atoms with Crippen LogP contribution in [0.5, 0.6) is 0 Å². The summed E-state index contributed by atoms with van der Waals surface area (Å²) in [5, 5.41) is 20.0. The maximum Gasteiger partial charge on any atom is 0.167 e. The molecule has 9 heteroatoms. The first kappa shape index (κ1) is 13.3. The molecule has 0 unspecified atom stereocenters. The van der Waals surface area contributed by atoms with Crippen LogP contribution in [0.4, 0.5) is 5.82 Å². The fourth-order valence-corrected chi connectivity index (χ4v) is 2.35. The Morgan fingerprint density at radius 2 is 2.10 bits per heavy atom. The standard InChI is InChI=1S/C11H12ClN5O3/c12-2-1-5-7(18)8(19)11(20-5)17-4-16-6-9(13)14-3-15-10(6)17/h1-5,7-8,11,18-19H,(H2,13,14,15)/b2-1+/t5-,7-,8-,11-/m0/s1. The summed E-state index contributed by atoms with van der Waals surface area (Å²) in [6, 6.07) is 0. The van der Waals surface area contributed by atoms with Crippen molar-refractivity contribution in [1.82, 2.24) is 19.5 Å². The van der Waals surface area contributed by atoms with Crippen molar-refractivity contribution in [3.63, 3.8) is 0 Å². The van der Waals surface area contributed by atoms with E-state index in [2.05, 4.69) is 15.0 Å². The van der Waals surface area contributed by atoms with E-state index in [1.807, 2.05) is 0 Å². The average Bonchev–Trinajstić information content (AvgIpc) is 2.97. The predicted octanol–water partition coefficient (Wildman–Crippen LogP) is -0.220. The summed E-state index contributed by atoms with van der Waals surface area (Å²) in [6.07, 6.45) is 0.421. The van der Waals surface area contributed by atoms with Gasteiger partial charge in [-0.3, -0.25) is 4.57 Å². The molecular weight excluding hydrogens is 286 g/mol. The fourth-order valence-electron chi connectivity index (χ4n) is 2.20. The van der Waals surface area contributed by atoms with Gasteiger partial charge in [0.05, 0.1) is 6.33 Å². The van der Waals surface area contributed by atoms with Crippen LogP contribution in [0, 0.1) is 0 Å². The second kappa shape index (κ2) is 4.98. The van der Waals surface area contributed by atoms with Gasteiger partial charge in [0.2, 0.25) is 0 Å². The summed E-state index contributed by atoms with van der Waals surface area (Å²) in [5.74, 6) is 0.235. The SMILES string of the molecule is Nc1ncnc2c1ncn2[C@H]1O[C@@H](/C=C/Cl)[C@H](O)[C@@H]1O. The fraction of sp³-hybridized carbons (Fsp3) is 0.364. The van der Waals surface area contributed by atoms with Gasteiger partial charge in [0.25, 0.3) is 0 Å². The number of aliphatic hydroxyl groups excluding tert-OH is 2. The number of fused-ring (bicyclic) bond motifs is 1. The minimum atomic E-state index is -1.14. The Morgan fingerprint density at radius 1 is 1.30 bits per heavy atom. The molecular formula is C11H12ClN5O3. The van der Waals surface area contributed by atoms with Crippen molar-refractivity contribution in [2.45, 2.75) is 24.5 Å². The van der Waals surface area contributed by atoms with Crippen LogP contribution >= 0.6 is 11.6 Å². The van der Waals surface area contributed by atoms with Crippen LogP contribution in [0.3, 0.4) is 0 Å². The van der Waals surface area contributed by atoms with E-state index in [4.69, 9.17) is 22.1 Å². The predicted molar refractivity (Wildman–Crippen MR) is 70.7 cm³/mol. The Morgan fingerprint density at radius 3 is 2.85 bits per heavy atom. The number of rotatable bonds is 2. The highest BCUT2D eigenvalue weighted by Gasteiger charge is 2.43. The van der Waals surface area contributed by atoms with Crippen molar-refractivity contribution in [3.05, 3.63) is 24.3 Å². The molecule has 1 saturated heterocycles. The highest BCUT2D eigenvalue weighted by molar-refractivity contribution is 6.25. The van der Waals surface area contributed by atoms with E-state index in [0.29, 0.717) is 11.2 Å². The Balaban J connectivity index is 2.02. The van der Waals surface area contributed by atoms with Gasteiger partial charge >= 0.3 is 0 Å². The molecule has 4 N–H and O–H groups in total. The molecule has 0 bridgehead atoms. The number of aliphatic hydroxyl groups is 2. The van der Waals surface area contributed by atoms with Crippen LogP contribution < -0.4 is 5.73 Å². The second-order valence-electron chi connectivity index (χ2n) is 4.37. The minimum Gasteiger partial charge on any atom is -0.387 e. The van der Waals surface area contributed by atoms with Gasteiger partial charge in [-0.2, -0.15) is 0 Å². The van der Waals surface area contributed by atoms with Crippen molar-refractivity contribution in [2.75, 3.05) is 5.73 Å². The summed E-state index contributed by atoms with van der Waals surface area (Å²) in [6.45, 7) is 0. The minimum absolute atomic E-state index is 0.235. The number of nitrogens with two attached hydrogens (primary N) is 1. The Labute approximate surface area is 118 Å². The number of hydrogen-bond acceptors (Lipinski definition) is 7. The van der Waals surface area contributed by atoms with Gasteiger partial charge in [0.15, 0.2) is 17.7 Å². The van der Waals surface area contributed by atoms with E-state index in [-0.39, 0.29) is 5.82 Å². The topological polar surface area (TPSA) is 119 Å². The van der Waals surface area contributed by atoms with Gasteiger partial charge in [-0.1, -0.05) is 11.6 Å². The Hall–Kier alpha value is -1.74. The van der Waals surface area contributed by atoms with E-state index in [0.717, 1.165) is 0 Å². The molecule has 8 nitrogen and oxygen atoms in total. The number of nitrogen functional groups attached to an aromatic ring is 1. The second-order valence-corrected chi connectivity index (χ2v) is 4.63. The lowest BCUT2D eigenvalue weighted by Crippen LogP contribution is -2.30. The molecule has 0 spiro atoms. The molecule has 1 aliphatic rings. The Kier molecular flexibility index (Phi) is 3.30. The van der Waals surface area contributed by atoms with Gasteiger partial charge in [-0.05, 0) is 6.08 Å². The number of hydrogen-bond donors (Lipinski definition) is 3. The molecule has 1 fully saturated rings. The number of ether oxygens (including phenoxy) is 1. The maximum absolute atomic E-state index is 10.1. The van der Waals surface area contributed by atoms with E-state index < -0.39 is 24.5 Å². The third-order valence-electron chi connectivity index (χ3n) is 3.20. The van der Waals surface area contributed by atoms with Crippen molar-refractivity contribution in [3.8, 4) is 0 Å². The third-order valence-corrected chi connectivity index (χ3v) is 3.34. The van der Waals surface area contributed by atoms with Gasteiger partial charge in [-0.15, -0.1) is 0 Å². The molecule has 2 aromatic heterocycles. The summed E-state index contributed by atoms with van der Waals surface area (Å²) < 4.78 is 7.07. The molecule has 0 radical (unpaired) electrons. The normalized spacial score (nSPS) is 30.6. The molecule has 3 heterocycles. The monoisotopic (exact) mass is 297 g/mol. The number of nitrogens with zero attached hydrogens (tertiary/aromatic N) is 4. The van der Waals surface area contributed by atoms with E-state index in [9.17, 15) is 10.2 Å². The maximum atomic E-state index is 10.1. The highest BCUT2D eigenvalue weighted by atomic mass is 35.5. The number of anilines is 1. The van der Waals surface area contributed by atoms with E-state index in [1.165, 1.54) is 28.8 Å². The van der Waals surface area contributed by atoms with Gasteiger partial charge < -0.3 is 20.7 Å². The quantitative estimate of drug-likeness (QED) is 0.701. The van der Waals surface area contributed by atoms with Crippen LogP contribution in [-0.4, -0.2) is 48.0 Å². The zero-order valence-corrected chi connectivity index (χ0v) is 10.9. The first-order chi connectivity index (χ1) is 9.63. The van der Waals surface area contributed by atoms with E-state index >= 15 is 0 Å². The van der Waals surface area contributed by atoms with Crippen LogP contribution in [0.25, 0.3) is 11.2 Å². The average molecular weight is 298 g/mol.